The zero-order valence-corrected chi connectivity index (χ0v) is 45.7. The van der Waals surface area contributed by atoms with Gasteiger partial charge in [-0.1, -0.05) is 307 Å². The van der Waals surface area contributed by atoms with Crippen LogP contribution in [0.1, 0.15) is 318 Å². The van der Waals surface area contributed by atoms with Crippen molar-refractivity contribution < 1.29 is 0 Å². The number of unbranched alkanes of at least 4 members (excludes halogenated alkanes) is 35. The van der Waals surface area contributed by atoms with Gasteiger partial charge in [-0.3, -0.25) is 0 Å². The van der Waals surface area contributed by atoms with Gasteiger partial charge in [0.15, 0.2) is 0 Å². The van der Waals surface area contributed by atoms with Gasteiger partial charge in [0.1, 0.15) is 0 Å². The van der Waals surface area contributed by atoms with Crippen molar-refractivity contribution in [2.24, 2.45) is 10.8 Å². The molecular formula is C65H118. The number of hydrogen-bond acceptors (Lipinski definition) is 0. The van der Waals surface area contributed by atoms with Crippen molar-refractivity contribution in [1.29, 1.82) is 0 Å². The van der Waals surface area contributed by atoms with Crippen LogP contribution in [0, 0.1) is 10.8 Å². The van der Waals surface area contributed by atoms with Crippen LogP contribution in [-0.2, 0) is 0 Å². The third-order valence-electron chi connectivity index (χ3n) is 14.0. The average molecular weight is 900 g/mol. The van der Waals surface area contributed by atoms with E-state index in [4.69, 9.17) is 0 Å². The predicted octanol–water partition coefficient (Wildman–Crippen LogP) is 23.7. The number of allylic oxidation sites excluding steroid dienone is 14. The molecule has 65 heavy (non-hydrogen) atoms. The van der Waals surface area contributed by atoms with Crippen LogP contribution in [0.4, 0.5) is 0 Å². The first-order valence-corrected chi connectivity index (χ1v) is 29.8. The zero-order valence-electron chi connectivity index (χ0n) is 45.7. The summed E-state index contributed by atoms with van der Waals surface area (Å²) in [6.45, 7) is 16.4. The molecule has 0 saturated heterocycles. The lowest BCUT2D eigenvalue weighted by molar-refractivity contribution is 0.385. The van der Waals surface area contributed by atoms with E-state index in [0.717, 1.165) is 6.42 Å². The maximum atomic E-state index is 2.76. The van der Waals surface area contributed by atoms with E-state index in [1.807, 2.05) is 0 Å². The van der Waals surface area contributed by atoms with Crippen molar-refractivity contribution in [2.75, 3.05) is 0 Å². The van der Waals surface area contributed by atoms with Gasteiger partial charge in [0, 0.05) is 10.8 Å². The Bertz CT molecular complexity index is 1170. The SMILES string of the molecule is CCCCCCC=CC(C=CCCCCCCC)(C=CCCCCCCCC)C(C=CCCCCCCC)(C=CCCCCCCCC)C(C=CCCCCCCC)=CCCCCCC. The van der Waals surface area contributed by atoms with Gasteiger partial charge in [0.05, 0.1) is 0 Å². The van der Waals surface area contributed by atoms with Gasteiger partial charge in [-0.2, -0.15) is 0 Å². The van der Waals surface area contributed by atoms with Crippen LogP contribution in [0.25, 0.3) is 0 Å². The topological polar surface area (TPSA) is 0 Å². The highest BCUT2D eigenvalue weighted by molar-refractivity contribution is 5.48. The van der Waals surface area contributed by atoms with Crippen molar-refractivity contribution in [3.05, 3.63) is 84.6 Å². The molecule has 0 aliphatic rings. The summed E-state index contributed by atoms with van der Waals surface area (Å²) in [7, 11) is 0. The van der Waals surface area contributed by atoms with E-state index in [2.05, 4.69) is 127 Å². The lowest BCUT2D eigenvalue weighted by atomic mass is 9.57. The molecule has 0 aromatic carbocycles. The Balaban J connectivity index is 8.08. The normalized spacial score (nSPS) is 14.8. The second kappa shape index (κ2) is 50.1. The third-order valence-corrected chi connectivity index (χ3v) is 14.0. The number of hydrogen-bond donors (Lipinski definition) is 0. The van der Waals surface area contributed by atoms with Crippen LogP contribution < -0.4 is 0 Å². The maximum absolute atomic E-state index is 2.76. The predicted molar refractivity (Wildman–Crippen MR) is 301 cm³/mol. The standard InChI is InChI=1S/C65H118/c1-8-15-22-29-35-40-46-53-60-64(58-51-44-34-27-20-13-6,59-52-45-38-32-25-18-11-4)65(61-54-47-39-33-26-19-12-5,62-55-48-41-36-30-23-16-9-2)63(56-49-42-28-21-14-7)57-50-43-37-31-24-17-10-3/h50-62H,8-49H2,1-7H3. The van der Waals surface area contributed by atoms with Crippen molar-refractivity contribution in [3.8, 4) is 0 Å². The summed E-state index contributed by atoms with van der Waals surface area (Å²) >= 11 is 0. The summed E-state index contributed by atoms with van der Waals surface area (Å²) < 4.78 is 0. The summed E-state index contributed by atoms with van der Waals surface area (Å²) in [4.78, 5) is 0. The average Bonchev–Trinajstić information content (AvgIpc) is 3.31. The van der Waals surface area contributed by atoms with Gasteiger partial charge in [0.25, 0.3) is 0 Å². The molecule has 0 bridgehead atoms. The molecule has 0 N–H and O–H groups in total. The van der Waals surface area contributed by atoms with Gasteiger partial charge < -0.3 is 0 Å². The highest BCUT2D eigenvalue weighted by Gasteiger charge is 2.45. The van der Waals surface area contributed by atoms with E-state index in [1.54, 1.807) is 0 Å². The fraction of sp³-hybridized carbons (Fsp3) is 0.785. The smallest absolute Gasteiger partial charge is 0.0469 e. The van der Waals surface area contributed by atoms with Gasteiger partial charge in [-0.05, 0) is 95.5 Å². The summed E-state index contributed by atoms with van der Waals surface area (Å²) in [6, 6.07) is 0. The summed E-state index contributed by atoms with van der Waals surface area (Å²) in [5.41, 5.74) is 0.940. The molecule has 0 spiro atoms. The molecule has 0 radical (unpaired) electrons. The van der Waals surface area contributed by atoms with E-state index < -0.39 is 0 Å². The monoisotopic (exact) mass is 899 g/mol. The van der Waals surface area contributed by atoms with Crippen molar-refractivity contribution in [3.63, 3.8) is 0 Å². The molecule has 0 heterocycles. The minimum atomic E-state index is -0.307. The highest BCUT2D eigenvalue weighted by Crippen LogP contribution is 2.53. The van der Waals surface area contributed by atoms with Crippen LogP contribution >= 0.6 is 0 Å². The molecule has 2 atom stereocenters. The first kappa shape index (κ1) is 63.2. The second-order valence-corrected chi connectivity index (χ2v) is 20.3. The minimum absolute atomic E-state index is 0.291. The summed E-state index contributed by atoms with van der Waals surface area (Å²) in [6.07, 6.45) is 89.8. The van der Waals surface area contributed by atoms with E-state index in [-0.39, 0.29) is 10.8 Å². The molecule has 0 aromatic heterocycles. The van der Waals surface area contributed by atoms with Crippen LogP contribution in [0.15, 0.2) is 84.6 Å². The second-order valence-electron chi connectivity index (χ2n) is 20.3. The van der Waals surface area contributed by atoms with E-state index >= 15 is 0 Å². The Labute approximate surface area is 411 Å². The third kappa shape index (κ3) is 35.0. The molecule has 378 valence electrons. The zero-order chi connectivity index (χ0) is 47.5. The Kier molecular flexibility index (Phi) is 48.7. The molecule has 0 nitrogen and oxygen atoms in total. The fourth-order valence-corrected chi connectivity index (χ4v) is 9.53. The lowest BCUT2D eigenvalue weighted by Crippen LogP contribution is -2.37. The maximum Gasteiger partial charge on any atom is 0.0469 e. The van der Waals surface area contributed by atoms with E-state index in [9.17, 15) is 0 Å². The van der Waals surface area contributed by atoms with E-state index in [1.165, 1.54) is 269 Å². The molecule has 0 saturated carbocycles. The minimum Gasteiger partial charge on any atom is -0.0873 e. The molecule has 0 fully saturated rings. The first-order chi connectivity index (χ1) is 32.1. The largest absolute Gasteiger partial charge is 0.0873 e. The van der Waals surface area contributed by atoms with Crippen LogP contribution in [0.2, 0.25) is 0 Å². The van der Waals surface area contributed by atoms with Crippen molar-refractivity contribution in [2.45, 2.75) is 318 Å². The number of rotatable bonds is 50. The summed E-state index contributed by atoms with van der Waals surface area (Å²) in [5.74, 6) is 0. The highest BCUT2D eigenvalue weighted by atomic mass is 14.5. The van der Waals surface area contributed by atoms with Crippen LogP contribution in [0.3, 0.4) is 0 Å². The van der Waals surface area contributed by atoms with Crippen LogP contribution in [-0.4, -0.2) is 0 Å². The molecular weight excluding hydrogens is 781 g/mol. The molecule has 0 amide bonds. The van der Waals surface area contributed by atoms with Crippen LogP contribution in [0.5, 0.6) is 0 Å². The van der Waals surface area contributed by atoms with Gasteiger partial charge >= 0.3 is 0 Å². The van der Waals surface area contributed by atoms with Gasteiger partial charge in [0.2, 0.25) is 0 Å². The van der Waals surface area contributed by atoms with Gasteiger partial charge in [-0.15, -0.1) is 0 Å². The van der Waals surface area contributed by atoms with Gasteiger partial charge in [-0.25, -0.2) is 0 Å². The molecule has 0 aliphatic heterocycles. The summed E-state index contributed by atoms with van der Waals surface area (Å²) in [5, 5.41) is 0. The van der Waals surface area contributed by atoms with Crippen molar-refractivity contribution in [1.82, 2.24) is 0 Å². The van der Waals surface area contributed by atoms with Crippen molar-refractivity contribution >= 4 is 0 Å². The first-order valence-electron chi connectivity index (χ1n) is 29.8. The molecule has 0 aromatic rings. The molecule has 2 unspecified atom stereocenters. The fourth-order valence-electron chi connectivity index (χ4n) is 9.53. The molecule has 0 heteroatoms. The molecule has 0 aliphatic carbocycles. The molecule has 0 rings (SSSR count). The Morgan fingerprint density at radius 2 is 0.477 bits per heavy atom. The quantitative estimate of drug-likeness (QED) is 0.0324. The Morgan fingerprint density at radius 1 is 0.246 bits per heavy atom. The Morgan fingerprint density at radius 3 is 0.785 bits per heavy atom. The van der Waals surface area contributed by atoms with E-state index in [0.29, 0.717) is 0 Å². The Hall–Kier alpha value is -1.82. The lowest BCUT2D eigenvalue weighted by Gasteiger charge is -2.45.